The van der Waals surface area contributed by atoms with E-state index in [1.165, 1.54) is 10.9 Å². The number of hydrogen-bond donors (Lipinski definition) is 3. The van der Waals surface area contributed by atoms with Crippen LogP contribution in [0, 0.1) is 0 Å². The van der Waals surface area contributed by atoms with Gasteiger partial charge in [0.2, 0.25) is 0 Å². The SMILES string of the molecule is Nc1cc(C(=O)O)ccc1NCCc1cccs1. The van der Waals surface area contributed by atoms with Gasteiger partial charge in [0.25, 0.3) is 0 Å². The van der Waals surface area contributed by atoms with Crippen molar-refractivity contribution in [3.05, 3.63) is 46.2 Å². The molecular weight excluding hydrogens is 248 g/mol. The van der Waals surface area contributed by atoms with Gasteiger partial charge in [-0.1, -0.05) is 6.07 Å². The molecule has 1 aromatic carbocycles. The highest BCUT2D eigenvalue weighted by molar-refractivity contribution is 7.09. The fourth-order valence-corrected chi connectivity index (χ4v) is 2.34. The van der Waals surface area contributed by atoms with Gasteiger partial charge in [-0.25, -0.2) is 4.79 Å². The average Bonchev–Trinajstić information content (AvgIpc) is 2.84. The lowest BCUT2D eigenvalue weighted by Gasteiger charge is -2.09. The van der Waals surface area contributed by atoms with Crippen molar-refractivity contribution in [2.45, 2.75) is 6.42 Å². The number of thiophene rings is 1. The van der Waals surface area contributed by atoms with Crippen molar-refractivity contribution < 1.29 is 9.90 Å². The van der Waals surface area contributed by atoms with Gasteiger partial charge < -0.3 is 16.2 Å². The number of rotatable bonds is 5. The van der Waals surface area contributed by atoms with E-state index in [9.17, 15) is 4.79 Å². The summed E-state index contributed by atoms with van der Waals surface area (Å²) in [6.07, 6.45) is 0.928. The number of benzene rings is 1. The normalized spacial score (nSPS) is 10.2. The fourth-order valence-electron chi connectivity index (χ4n) is 1.63. The van der Waals surface area contributed by atoms with Crippen LogP contribution >= 0.6 is 11.3 Å². The standard InChI is InChI=1S/C13H14N2O2S/c14-11-8-9(13(16)17)3-4-12(11)15-6-5-10-2-1-7-18-10/h1-4,7-8,15H,5-6,14H2,(H,16,17). The van der Waals surface area contributed by atoms with Crippen LogP contribution in [-0.4, -0.2) is 17.6 Å². The number of nitrogens with two attached hydrogens (primary N) is 1. The molecule has 1 heterocycles. The zero-order valence-corrected chi connectivity index (χ0v) is 10.5. The summed E-state index contributed by atoms with van der Waals surface area (Å²) in [6, 6.07) is 8.83. The molecule has 94 valence electrons. The van der Waals surface area contributed by atoms with E-state index in [-0.39, 0.29) is 5.56 Å². The van der Waals surface area contributed by atoms with Gasteiger partial charge in [-0.2, -0.15) is 0 Å². The highest BCUT2D eigenvalue weighted by atomic mass is 32.1. The Morgan fingerprint density at radius 3 is 2.83 bits per heavy atom. The van der Waals surface area contributed by atoms with Crippen LogP contribution in [0.5, 0.6) is 0 Å². The lowest BCUT2D eigenvalue weighted by atomic mass is 10.1. The van der Waals surface area contributed by atoms with Gasteiger partial charge in [0.05, 0.1) is 16.9 Å². The van der Waals surface area contributed by atoms with Crippen LogP contribution in [0.25, 0.3) is 0 Å². The predicted molar refractivity (Wildman–Crippen MR) is 74.3 cm³/mol. The summed E-state index contributed by atoms with van der Waals surface area (Å²) in [5.41, 5.74) is 7.23. The monoisotopic (exact) mass is 262 g/mol. The van der Waals surface area contributed by atoms with Crippen molar-refractivity contribution in [1.82, 2.24) is 0 Å². The molecule has 18 heavy (non-hydrogen) atoms. The second-order valence-electron chi connectivity index (χ2n) is 3.86. The molecule has 0 aliphatic heterocycles. The maximum absolute atomic E-state index is 10.8. The van der Waals surface area contributed by atoms with E-state index in [0.717, 1.165) is 18.7 Å². The van der Waals surface area contributed by atoms with E-state index in [1.54, 1.807) is 23.5 Å². The van der Waals surface area contributed by atoms with Crippen LogP contribution in [0.2, 0.25) is 0 Å². The lowest BCUT2D eigenvalue weighted by molar-refractivity contribution is 0.0697. The smallest absolute Gasteiger partial charge is 0.335 e. The molecule has 0 fully saturated rings. The second kappa shape index (κ2) is 5.55. The maximum Gasteiger partial charge on any atom is 0.335 e. The molecule has 1 aromatic heterocycles. The van der Waals surface area contributed by atoms with E-state index < -0.39 is 5.97 Å². The molecule has 0 saturated heterocycles. The summed E-state index contributed by atoms with van der Waals surface area (Å²) >= 11 is 1.72. The third-order valence-electron chi connectivity index (χ3n) is 2.57. The largest absolute Gasteiger partial charge is 0.478 e. The summed E-state index contributed by atoms with van der Waals surface area (Å²) in [4.78, 5) is 12.1. The number of aromatic carboxylic acids is 1. The molecule has 0 spiro atoms. The fraction of sp³-hybridized carbons (Fsp3) is 0.154. The Kier molecular flexibility index (Phi) is 3.84. The number of anilines is 2. The number of nitrogens with one attached hydrogen (secondary N) is 1. The van der Waals surface area contributed by atoms with Crippen LogP contribution in [0.1, 0.15) is 15.2 Å². The van der Waals surface area contributed by atoms with Gasteiger partial charge in [0, 0.05) is 11.4 Å². The molecule has 0 atom stereocenters. The molecule has 0 aliphatic carbocycles. The second-order valence-corrected chi connectivity index (χ2v) is 4.90. The van der Waals surface area contributed by atoms with Crippen LogP contribution < -0.4 is 11.1 Å². The number of carboxylic acid groups (broad SMARTS) is 1. The van der Waals surface area contributed by atoms with Crippen molar-refractivity contribution >= 4 is 28.7 Å². The van der Waals surface area contributed by atoms with E-state index in [0.29, 0.717) is 5.69 Å². The molecule has 0 aliphatic rings. The van der Waals surface area contributed by atoms with E-state index in [4.69, 9.17) is 10.8 Å². The van der Waals surface area contributed by atoms with Crippen LogP contribution in [0.15, 0.2) is 35.7 Å². The average molecular weight is 262 g/mol. The maximum atomic E-state index is 10.8. The van der Waals surface area contributed by atoms with Gasteiger partial charge in [0.1, 0.15) is 0 Å². The first-order valence-electron chi connectivity index (χ1n) is 5.56. The third kappa shape index (κ3) is 3.01. The van der Waals surface area contributed by atoms with E-state index in [1.807, 2.05) is 11.4 Å². The first kappa shape index (κ1) is 12.4. The summed E-state index contributed by atoms with van der Waals surface area (Å²) in [5, 5.41) is 14.1. The topological polar surface area (TPSA) is 75.4 Å². The molecule has 0 unspecified atom stereocenters. The Morgan fingerprint density at radius 2 is 2.22 bits per heavy atom. The minimum atomic E-state index is -0.966. The van der Waals surface area contributed by atoms with Gasteiger partial charge >= 0.3 is 5.97 Å². The highest BCUT2D eigenvalue weighted by Crippen LogP contribution is 2.20. The number of carboxylic acids is 1. The van der Waals surface area contributed by atoms with Gasteiger partial charge in [-0.05, 0) is 36.1 Å². The van der Waals surface area contributed by atoms with Crippen molar-refractivity contribution in [3.63, 3.8) is 0 Å². The van der Waals surface area contributed by atoms with Gasteiger partial charge in [0.15, 0.2) is 0 Å². The van der Waals surface area contributed by atoms with Crippen LogP contribution in [0.4, 0.5) is 11.4 Å². The number of carbonyl (C=O) groups is 1. The molecule has 2 aromatic rings. The summed E-state index contributed by atoms with van der Waals surface area (Å²) in [7, 11) is 0. The van der Waals surface area contributed by atoms with E-state index >= 15 is 0 Å². The zero-order chi connectivity index (χ0) is 13.0. The Labute approximate surface area is 109 Å². The molecule has 2 rings (SSSR count). The Balaban J connectivity index is 1.95. The van der Waals surface area contributed by atoms with Crippen molar-refractivity contribution in [3.8, 4) is 0 Å². The molecule has 4 N–H and O–H groups in total. The molecule has 5 heteroatoms. The zero-order valence-electron chi connectivity index (χ0n) is 9.72. The first-order valence-corrected chi connectivity index (χ1v) is 6.44. The van der Waals surface area contributed by atoms with E-state index in [2.05, 4.69) is 11.4 Å². The molecule has 0 radical (unpaired) electrons. The van der Waals surface area contributed by atoms with Crippen molar-refractivity contribution in [1.29, 1.82) is 0 Å². The van der Waals surface area contributed by atoms with Crippen molar-refractivity contribution in [2.24, 2.45) is 0 Å². The summed E-state index contributed by atoms with van der Waals surface area (Å²) in [5.74, 6) is -0.966. The minimum Gasteiger partial charge on any atom is -0.478 e. The number of nitrogen functional groups attached to an aromatic ring is 1. The van der Waals surface area contributed by atoms with Crippen LogP contribution in [-0.2, 0) is 6.42 Å². The quantitative estimate of drug-likeness (QED) is 0.724. The summed E-state index contributed by atoms with van der Waals surface area (Å²) in [6.45, 7) is 0.775. The molecule has 0 amide bonds. The first-order chi connectivity index (χ1) is 8.66. The van der Waals surface area contributed by atoms with Gasteiger partial charge in [-0.3, -0.25) is 0 Å². The molecule has 0 saturated carbocycles. The lowest BCUT2D eigenvalue weighted by Crippen LogP contribution is -2.07. The van der Waals surface area contributed by atoms with Crippen LogP contribution in [0.3, 0.4) is 0 Å². The minimum absolute atomic E-state index is 0.205. The highest BCUT2D eigenvalue weighted by Gasteiger charge is 2.05. The molecule has 4 nitrogen and oxygen atoms in total. The van der Waals surface area contributed by atoms with Gasteiger partial charge in [-0.15, -0.1) is 11.3 Å². The third-order valence-corrected chi connectivity index (χ3v) is 3.50. The predicted octanol–water partition coefficient (Wildman–Crippen LogP) is 2.68. The summed E-state index contributed by atoms with van der Waals surface area (Å²) < 4.78 is 0. The number of hydrogen-bond acceptors (Lipinski definition) is 4. The molecular formula is C13H14N2O2S. The molecule has 0 bridgehead atoms. The Bertz CT molecular complexity index is 538. The Hall–Kier alpha value is -2.01. The van der Waals surface area contributed by atoms with Crippen molar-refractivity contribution in [2.75, 3.05) is 17.6 Å². The Morgan fingerprint density at radius 1 is 1.39 bits per heavy atom.